The Morgan fingerprint density at radius 2 is 1.85 bits per heavy atom. The summed E-state index contributed by atoms with van der Waals surface area (Å²) in [5.74, 6) is 2.75. The summed E-state index contributed by atoms with van der Waals surface area (Å²) in [6.07, 6.45) is 0. The van der Waals surface area contributed by atoms with E-state index in [2.05, 4.69) is 10.2 Å². The minimum Gasteiger partial charge on any atom is -0.493 e. The molecule has 3 aromatic rings. The number of nitrogens with zero attached hydrogens (tertiary/aromatic N) is 3. The molecule has 0 saturated carbocycles. The maximum absolute atomic E-state index is 6.21. The first-order valence-corrected chi connectivity index (χ1v) is 9.53. The van der Waals surface area contributed by atoms with Crippen LogP contribution < -0.4 is 9.47 Å². The van der Waals surface area contributed by atoms with Crippen LogP contribution in [0.3, 0.4) is 0 Å². The molecule has 0 spiro atoms. The van der Waals surface area contributed by atoms with Crippen LogP contribution in [-0.2, 0) is 19.4 Å². The first-order valence-electron chi connectivity index (χ1n) is 7.79. The average molecular weight is 410 g/mol. The monoisotopic (exact) mass is 409 g/mol. The predicted octanol–water partition coefficient (Wildman–Crippen LogP) is 5.00. The molecule has 0 aliphatic rings. The molecule has 0 radical (unpaired) electrons. The molecule has 8 heteroatoms. The summed E-state index contributed by atoms with van der Waals surface area (Å²) in [5, 5.41) is 10.5. The summed E-state index contributed by atoms with van der Waals surface area (Å²) in [7, 11) is 3.52. The highest BCUT2D eigenvalue weighted by molar-refractivity contribution is 7.98. The highest BCUT2D eigenvalue weighted by Gasteiger charge is 2.12. The Kier molecular flexibility index (Phi) is 6.29. The lowest BCUT2D eigenvalue weighted by molar-refractivity contribution is 0.272. The van der Waals surface area contributed by atoms with Crippen molar-refractivity contribution in [1.29, 1.82) is 0 Å². The van der Waals surface area contributed by atoms with Crippen molar-refractivity contribution >= 4 is 35.0 Å². The third-order valence-corrected chi connectivity index (χ3v) is 5.38. The lowest BCUT2D eigenvalue weighted by atomic mass is 10.2. The summed E-state index contributed by atoms with van der Waals surface area (Å²) in [6.45, 7) is 0.298. The van der Waals surface area contributed by atoms with E-state index in [4.69, 9.17) is 32.7 Å². The molecule has 1 heterocycles. The van der Waals surface area contributed by atoms with Crippen molar-refractivity contribution in [1.82, 2.24) is 14.8 Å². The van der Waals surface area contributed by atoms with Crippen molar-refractivity contribution in [2.45, 2.75) is 17.5 Å². The average Bonchev–Trinajstić information content (AvgIpc) is 2.99. The molecule has 0 saturated heterocycles. The minimum atomic E-state index is 0.298. The van der Waals surface area contributed by atoms with Gasteiger partial charge in [0.25, 0.3) is 0 Å². The molecule has 0 bridgehead atoms. The van der Waals surface area contributed by atoms with Crippen LogP contribution in [0.25, 0.3) is 0 Å². The van der Waals surface area contributed by atoms with Crippen LogP contribution >= 0.6 is 35.0 Å². The Labute approximate surface area is 166 Å². The van der Waals surface area contributed by atoms with E-state index in [1.165, 1.54) is 0 Å². The second kappa shape index (κ2) is 8.66. The quantitative estimate of drug-likeness (QED) is 0.513. The Hall–Kier alpha value is -1.89. The topological polar surface area (TPSA) is 49.2 Å². The number of para-hydroxylation sites is 2. The second-order valence-corrected chi connectivity index (χ2v) is 7.21. The van der Waals surface area contributed by atoms with Gasteiger partial charge in [0.1, 0.15) is 6.61 Å². The van der Waals surface area contributed by atoms with Crippen LogP contribution in [0.4, 0.5) is 0 Å². The van der Waals surface area contributed by atoms with Gasteiger partial charge in [0.2, 0.25) is 0 Å². The molecule has 1 aromatic heterocycles. The summed E-state index contributed by atoms with van der Waals surface area (Å²) in [5.41, 5.74) is 0.996. The number of halogens is 2. The number of hydrogen-bond acceptors (Lipinski definition) is 5. The Morgan fingerprint density at radius 3 is 2.58 bits per heavy atom. The van der Waals surface area contributed by atoms with Gasteiger partial charge in [-0.25, -0.2) is 0 Å². The molecule has 0 amide bonds. The SMILES string of the molecule is COc1ccccc1OCc1nnc(SCc2ccc(Cl)cc2Cl)n1C. The normalized spacial score (nSPS) is 10.8. The van der Waals surface area contributed by atoms with Crippen LogP contribution in [-0.4, -0.2) is 21.9 Å². The zero-order valence-corrected chi connectivity index (χ0v) is 16.6. The van der Waals surface area contributed by atoms with Crippen LogP contribution in [0, 0.1) is 0 Å². The van der Waals surface area contributed by atoms with Crippen molar-refractivity contribution < 1.29 is 9.47 Å². The molecular formula is C18H17Cl2N3O2S. The summed E-state index contributed by atoms with van der Waals surface area (Å²) >= 11 is 13.7. The number of methoxy groups -OCH3 is 1. The molecular weight excluding hydrogens is 393 g/mol. The van der Waals surface area contributed by atoms with E-state index in [0.717, 1.165) is 16.5 Å². The van der Waals surface area contributed by atoms with Crippen molar-refractivity contribution in [2.24, 2.45) is 7.05 Å². The third-order valence-electron chi connectivity index (χ3n) is 3.72. The third kappa shape index (κ3) is 4.44. The van der Waals surface area contributed by atoms with Gasteiger partial charge in [0.05, 0.1) is 7.11 Å². The van der Waals surface area contributed by atoms with Crippen molar-refractivity contribution in [3.8, 4) is 11.5 Å². The van der Waals surface area contributed by atoms with Crippen molar-refractivity contribution in [2.75, 3.05) is 7.11 Å². The van der Waals surface area contributed by atoms with E-state index in [9.17, 15) is 0 Å². The first kappa shape index (κ1) is 18.9. The van der Waals surface area contributed by atoms with Gasteiger partial charge in [0.15, 0.2) is 22.5 Å². The van der Waals surface area contributed by atoms with Crippen molar-refractivity contribution in [3.63, 3.8) is 0 Å². The molecule has 3 rings (SSSR count). The van der Waals surface area contributed by atoms with Crippen LogP contribution in [0.15, 0.2) is 47.6 Å². The molecule has 5 nitrogen and oxygen atoms in total. The lowest BCUT2D eigenvalue weighted by Gasteiger charge is -2.10. The fraction of sp³-hybridized carbons (Fsp3) is 0.222. The summed E-state index contributed by atoms with van der Waals surface area (Å²) in [4.78, 5) is 0. The Morgan fingerprint density at radius 1 is 1.08 bits per heavy atom. The maximum Gasteiger partial charge on any atom is 0.191 e. The first-order chi connectivity index (χ1) is 12.6. The second-order valence-electron chi connectivity index (χ2n) is 5.42. The minimum absolute atomic E-state index is 0.298. The zero-order chi connectivity index (χ0) is 18.5. The largest absolute Gasteiger partial charge is 0.493 e. The standard InChI is InChI=1S/C18H17Cl2N3O2S/c1-23-17(10-25-16-6-4-3-5-15(16)24-2)21-22-18(23)26-11-12-7-8-13(19)9-14(12)20/h3-9H,10-11H2,1-2H3. The van der Waals surface area contributed by atoms with Gasteiger partial charge in [-0.3, -0.25) is 0 Å². The van der Waals surface area contributed by atoms with Crippen LogP contribution in [0.5, 0.6) is 11.5 Å². The number of thioether (sulfide) groups is 1. The van der Waals surface area contributed by atoms with Crippen LogP contribution in [0.1, 0.15) is 11.4 Å². The molecule has 0 aliphatic heterocycles. The van der Waals surface area contributed by atoms with Gasteiger partial charge in [0, 0.05) is 22.8 Å². The van der Waals surface area contributed by atoms with Crippen molar-refractivity contribution in [3.05, 3.63) is 63.9 Å². The van der Waals surface area contributed by atoms with Gasteiger partial charge in [-0.15, -0.1) is 10.2 Å². The number of benzene rings is 2. The number of aromatic nitrogens is 3. The lowest BCUT2D eigenvalue weighted by Crippen LogP contribution is -2.05. The van der Waals surface area contributed by atoms with Gasteiger partial charge in [-0.05, 0) is 29.8 Å². The smallest absolute Gasteiger partial charge is 0.191 e. The maximum atomic E-state index is 6.21. The van der Waals surface area contributed by atoms with E-state index in [0.29, 0.717) is 33.9 Å². The van der Waals surface area contributed by atoms with Gasteiger partial charge in [-0.1, -0.05) is 53.2 Å². The molecule has 2 aromatic carbocycles. The Balaban J connectivity index is 1.64. The van der Waals surface area contributed by atoms with Crippen LogP contribution in [0.2, 0.25) is 10.0 Å². The molecule has 26 heavy (non-hydrogen) atoms. The predicted molar refractivity (Wildman–Crippen MR) is 104 cm³/mol. The number of hydrogen-bond donors (Lipinski definition) is 0. The molecule has 0 fully saturated rings. The summed E-state index contributed by atoms with van der Waals surface area (Å²) in [6, 6.07) is 13.0. The van der Waals surface area contributed by atoms with Gasteiger partial charge in [-0.2, -0.15) is 0 Å². The molecule has 0 atom stereocenters. The highest BCUT2D eigenvalue weighted by Crippen LogP contribution is 2.29. The number of ether oxygens (including phenoxy) is 2. The van der Waals surface area contributed by atoms with Gasteiger partial charge < -0.3 is 14.0 Å². The van der Waals surface area contributed by atoms with E-state index in [1.54, 1.807) is 24.9 Å². The summed E-state index contributed by atoms with van der Waals surface area (Å²) < 4.78 is 13.0. The molecule has 0 unspecified atom stereocenters. The van der Waals surface area contributed by atoms with E-state index in [1.807, 2.05) is 48.0 Å². The fourth-order valence-electron chi connectivity index (χ4n) is 2.26. The molecule has 0 N–H and O–H groups in total. The Bertz CT molecular complexity index is 902. The van der Waals surface area contributed by atoms with E-state index >= 15 is 0 Å². The molecule has 0 aliphatic carbocycles. The van der Waals surface area contributed by atoms with Gasteiger partial charge >= 0.3 is 0 Å². The molecule has 136 valence electrons. The fourth-order valence-corrected chi connectivity index (χ4v) is 3.75. The zero-order valence-electron chi connectivity index (χ0n) is 14.3. The van der Waals surface area contributed by atoms with E-state index < -0.39 is 0 Å². The number of rotatable bonds is 7. The highest BCUT2D eigenvalue weighted by atomic mass is 35.5. The van der Waals surface area contributed by atoms with E-state index in [-0.39, 0.29) is 0 Å².